The summed E-state index contributed by atoms with van der Waals surface area (Å²) in [5, 5.41) is 13.8. The summed E-state index contributed by atoms with van der Waals surface area (Å²) >= 11 is 0. The lowest BCUT2D eigenvalue weighted by molar-refractivity contribution is -0.695. The summed E-state index contributed by atoms with van der Waals surface area (Å²) in [7, 11) is 0. The maximum Gasteiger partial charge on any atom is 0.407 e. The van der Waals surface area contributed by atoms with Crippen LogP contribution in [-0.4, -0.2) is 36.6 Å². The minimum atomic E-state index is -0.475. The lowest BCUT2D eigenvalue weighted by Gasteiger charge is -2.19. The van der Waals surface area contributed by atoms with Crippen LogP contribution in [0, 0.1) is 0 Å². The Balaban J connectivity index is 1.84. The van der Waals surface area contributed by atoms with Crippen molar-refractivity contribution in [1.29, 1.82) is 0 Å². The molecule has 0 aliphatic rings. The molecule has 2 rings (SSSR count). The lowest BCUT2D eigenvalue weighted by Crippen LogP contribution is -2.37. The normalized spacial score (nSPS) is 11.4. The number of carbonyl (C=O) groups is 1. The predicted molar refractivity (Wildman–Crippen MR) is 95.6 cm³/mol. The molecule has 6 heteroatoms. The van der Waals surface area contributed by atoms with Crippen LogP contribution in [0.25, 0.3) is 10.8 Å². The molecule has 2 N–H and O–H groups in total. The molecule has 1 heterocycles. The zero-order valence-corrected chi connectivity index (χ0v) is 15.1. The molecule has 136 valence electrons. The first-order valence-electron chi connectivity index (χ1n) is 8.51. The number of rotatable bonds is 7. The Bertz CT molecular complexity index is 710. The van der Waals surface area contributed by atoms with Crippen molar-refractivity contribution in [2.24, 2.45) is 0 Å². The number of aromatic nitrogens is 1. The maximum atomic E-state index is 11.6. The average Bonchev–Trinajstić information content (AvgIpc) is 2.55. The first-order valence-corrected chi connectivity index (χ1v) is 8.51. The third-order valence-electron chi connectivity index (χ3n) is 3.43. The number of ether oxygens (including phenoxy) is 2. The third-order valence-corrected chi connectivity index (χ3v) is 3.43. The molecule has 0 aliphatic carbocycles. The van der Waals surface area contributed by atoms with Crippen molar-refractivity contribution in [3.05, 3.63) is 36.7 Å². The van der Waals surface area contributed by atoms with E-state index in [1.807, 2.05) is 51.2 Å². The number of aliphatic hydroxyl groups is 1. The predicted octanol–water partition coefficient (Wildman–Crippen LogP) is 2.41. The molecule has 0 spiro atoms. The van der Waals surface area contributed by atoms with Gasteiger partial charge in [0.05, 0.1) is 6.61 Å². The van der Waals surface area contributed by atoms with Crippen molar-refractivity contribution in [2.75, 3.05) is 19.8 Å². The monoisotopic (exact) mass is 347 g/mol. The van der Waals surface area contributed by atoms with Gasteiger partial charge in [0.25, 0.3) is 0 Å². The molecule has 25 heavy (non-hydrogen) atoms. The van der Waals surface area contributed by atoms with Gasteiger partial charge in [-0.25, -0.2) is 9.36 Å². The Morgan fingerprint density at radius 2 is 2.04 bits per heavy atom. The fraction of sp³-hybridized carbons (Fsp3) is 0.474. The largest absolute Gasteiger partial charge is 0.491 e. The Labute approximate surface area is 148 Å². The van der Waals surface area contributed by atoms with Gasteiger partial charge in [-0.15, -0.1) is 0 Å². The highest BCUT2D eigenvalue weighted by molar-refractivity contribution is 5.82. The highest BCUT2D eigenvalue weighted by Gasteiger charge is 2.15. The molecule has 6 nitrogen and oxygen atoms in total. The smallest absolute Gasteiger partial charge is 0.407 e. The quantitative estimate of drug-likeness (QED) is 0.596. The molecule has 0 saturated carbocycles. The molecule has 1 aromatic carbocycles. The Morgan fingerprint density at radius 3 is 2.76 bits per heavy atom. The maximum absolute atomic E-state index is 11.6. The number of carbonyl (C=O) groups excluding carboxylic acids is 1. The van der Waals surface area contributed by atoms with Crippen LogP contribution in [0.1, 0.15) is 27.2 Å². The van der Waals surface area contributed by atoms with Crippen LogP contribution in [-0.2, 0) is 11.3 Å². The molecular weight excluding hydrogens is 320 g/mol. The molecule has 1 amide bonds. The van der Waals surface area contributed by atoms with Gasteiger partial charge in [-0.1, -0.05) is 0 Å². The topological polar surface area (TPSA) is 71.7 Å². The first kappa shape index (κ1) is 19.0. The van der Waals surface area contributed by atoms with Gasteiger partial charge in [0, 0.05) is 24.4 Å². The van der Waals surface area contributed by atoms with E-state index >= 15 is 0 Å². The van der Waals surface area contributed by atoms with E-state index < -0.39 is 5.60 Å². The first-order chi connectivity index (χ1) is 11.9. The minimum absolute atomic E-state index is 0.00412. The number of benzene rings is 1. The van der Waals surface area contributed by atoms with Crippen LogP contribution < -0.4 is 14.6 Å². The van der Waals surface area contributed by atoms with Crippen molar-refractivity contribution < 1.29 is 23.9 Å². The summed E-state index contributed by atoms with van der Waals surface area (Å²) in [6, 6.07) is 7.88. The summed E-state index contributed by atoms with van der Waals surface area (Å²) in [6.07, 6.45) is 4.50. The number of amides is 1. The molecule has 0 saturated heterocycles. The Kier molecular flexibility index (Phi) is 6.58. The summed E-state index contributed by atoms with van der Waals surface area (Å²) in [5.74, 6) is 0.751. The van der Waals surface area contributed by atoms with Gasteiger partial charge < -0.3 is 19.9 Å². The van der Waals surface area contributed by atoms with E-state index in [-0.39, 0.29) is 12.7 Å². The van der Waals surface area contributed by atoms with Gasteiger partial charge in [-0.2, -0.15) is 0 Å². The summed E-state index contributed by atoms with van der Waals surface area (Å²) in [6.45, 7) is 7.20. The van der Waals surface area contributed by atoms with Crippen molar-refractivity contribution >= 4 is 16.9 Å². The summed E-state index contributed by atoms with van der Waals surface area (Å²) < 4.78 is 12.7. The van der Waals surface area contributed by atoms with E-state index in [1.54, 1.807) is 0 Å². The van der Waals surface area contributed by atoms with Crippen LogP contribution in [0.15, 0.2) is 36.7 Å². The number of pyridine rings is 1. The molecule has 0 unspecified atom stereocenters. The van der Waals surface area contributed by atoms with E-state index in [2.05, 4.69) is 16.1 Å². The number of alkyl carbamates (subject to hydrolysis) is 1. The van der Waals surface area contributed by atoms with Crippen molar-refractivity contribution in [2.45, 2.75) is 39.3 Å². The van der Waals surface area contributed by atoms with Gasteiger partial charge in [-0.05, 0) is 44.4 Å². The summed E-state index contributed by atoms with van der Waals surface area (Å²) in [5.41, 5.74) is -0.475. The second-order valence-corrected chi connectivity index (χ2v) is 6.83. The summed E-state index contributed by atoms with van der Waals surface area (Å²) in [4.78, 5) is 11.6. The molecule has 2 aromatic rings. The van der Waals surface area contributed by atoms with Gasteiger partial charge in [0.1, 0.15) is 24.5 Å². The van der Waals surface area contributed by atoms with E-state index in [9.17, 15) is 4.79 Å². The average molecular weight is 347 g/mol. The standard InChI is InChI=1S/C19H26N2O4/c1-19(2,3)25-18(23)20-8-4-9-21-10-7-15-13-17(24-12-11-22)6-5-16(15)14-21/h5-7,10,13-14,22H,4,8-9,11-12H2,1-3H3/p+1. The van der Waals surface area contributed by atoms with Crippen molar-refractivity contribution in [3.63, 3.8) is 0 Å². The van der Waals surface area contributed by atoms with Crippen molar-refractivity contribution in [1.82, 2.24) is 5.32 Å². The lowest BCUT2D eigenvalue weighted by atomic mass is 10.1. The van der Waals surface area contributed by atoms with Crippen LogP contribution >= 0.6 is 0 Å². The second kappa shape index (κ2) is 8.67. The SMILES string of the molecule is CC(C)(C)OC(=O)NCCC[n+]1ccc2cc(OCCO)ccc2c1. The van der Waals surface area contributed by atoms with E-state index in [0.717, 1.165) is 29.5 Å². The fourth-order valence-electron chi connectivity index (χ4n) is 2.37. The van der Waals surface area contributed by atoms with Gasteiger partial charge in [-0.3, -0.25) is 0 Å². The number of fused-ring (bicyclic) bond motifs is 1. The minimum Gasteiger partial charge on any atom is -0.491 e. The van der Waals surface area contributed by atoms with E-state index in [0.29, 0.717) is 13.2 Å². The number of nitrogens with zero attached hydrogens (tertiary/aromatic N) is 1. The van der Waals surface area contributed by atoms with Crippen LogP contribution in [0.5, 0.6) is 5.75 Å². The molecule has 0 aliphatic heterocycles. The van der Waals surface area contributed by atoms with Crippen molar-refractivity contribution in [3.8, 4) is 5.75 Å². The number of hydrogen-bond donors (Lipinski definition) is 2. The molecule has 0 radical (unpaired) electrons. The van der Waals surface area contributed by atoms with E-state index in [4.69, 9.17) is 14.6 Å². The zero-order valence-electron chi connectivity index (χ0n) is 15.1. The zero-order chi connectivity index (χ0) is 18.3. The molecule has 0 atom stereocenters. The number of aryl methyl sites for hydroxylation is 1. The molecular formula is C19H27N2O4+. The second-order valence-electron chi connectivity index (χ2n) is 6.83. The molecule has 0 fully saturated rings. The van der Waals surface area contributed by atoms with Crippen LogP contribution in [0.3, 0.4) is 0 Å². The van der Waals surface area contributed by atoms with E-state index in [1.165, 1.54) is 0 Å². The number of hydrogen-bond acceptors (Lipinski definition) is 4. The fourth-order valence-corrected chi connectivity index (χ4v) is 2.37. The van der Waals surface area contributed by atoms with Gasteiger partial charge in [0.15, 0.2) is 12.4 Å². The van der Waals surface area contributed by atoms with Gasteiger partial charge in [0.2, 0.25) is 0 Å². The number of aliphatic hydroxyl groups excluding tert-OH is 1. The highest BCUT2D eigenvalue weighted by Crippen LogP contribution is 2.19. The molecule has 0 bridgehead atoms. The van der Waals surface area contributed by atoms with Crippen LogP contribution in [0.2, 0.25) is 0 Å². The third kappa shape index (κ3) is 6.58. The van der Waals surface area contributed by atoms with Gasteiger partial charge >= 0.3 is 6.09 Å². The molecule has 1 aromatic heterocycles. The Hall–Kier alpha value is -2.34. The Morgan fingerprint density at radius 1 is 1.24 bits per heavy atom. The number of nitrogens with one attached hydrogen (secondary N) is 1. The highest BCUT2D eigenvalue weighted by atomic mass is 16.6. The van der Waals surface area contributed by atoms with Crippen LogP contribution in [0.4, 0.5) is 4.79 Å².